The van der Waals surface area contributed by atoms with Crippen LogP contribution >= 0.6 is 0 Å². The van der Waals surface area contributed by atoms with E-state index in [1.165, 1.54) is 0 Å². The van der Waals surface area contributed by atoms with Crippen LogP contribution in [0, 0.1) is 0 Å². The van der Waals surface area contributed by atoms with Crippen molar-refractivity contribution in [3.05, 3.63) is 146 Å². The molecule has 0 saturated carbocycles. The average Bonchev–Trinajstić information content (AvgIpc) is 4.09. The Balaban J connectivity index is 1.30. The summed E-state index contributed by atoms with van der Waals surface area (Å²) in [7, 11) is 0. The smallest absolute Gasteiger partial charge is 0.164 e. The van der Waals surface area contributed by atoms with Gasteiger partial charge in [-0.1, -0.05) is 97.1 Å². The highest BCUT2D eigenvalue weighted by Gasteiger charge is 2.15. The molecule has 0 radical (unpaired) electrons. The lowest BCUT2D eigenvalue weighted by Crippen LogP contribution is -1.79. The standard InChI is InChI=1S/C48H26N8/c1-5-25-13-17-33-37(21-29(25)9-1)45-50-41(33)49-42-34-18-14-26-6-2-10-30(26)22-38(34)46(51-42)53-44-36-20-16-28-8-4-12-32(28)24-40(36)48(55-44)56-47-39-23-31-11-3-7-27(31)15-19-35(39)43(52-45)54-47/h1-24H,(H2,49,50,51,52,53,54,55,56). The topological polar surface area (TPSA) is 109 Å². The van der Waals surface area contributed by atoms with Gasteiger partial charge in [-0.15, -0.1) is 0 Å². The van der Waals surface area contributed by atoms with E-state index in [4.69, 9.17) is 29.9 Å². The third-order valence-electron chi connectivity index (χ3n) is 11.4. The zero-order chi connectivity index (χ0) is 36.5. The molecule has 4 aliphatic carbocycles. The number of fused-ring (bicyclic) bond motifs is 24. The van der Waals surface area contributed by atoms with Gasteiger partial charge in [-0.3, -0.25) is 0 Å². The van der Waals surface area contributed by atoms with E-state index in [0.717, 1.165) is 86.9 Å². The number of H-pyrrole nitrogens is 2. The predicted octanol–water partition coefficient (Wildman–Crippen LogP) is 11.6. The normalized spacial score (nSPS) is 12.3. The Morgan fingerprint density at radius 2 is 0.625 bits per heavy atom. The van der Waals surface area contributed by atoms with Gasteiger partial charge >= 0.3 is 0 Å². The van der Waals surface area contributed by atoms with Gasteiger partial charge in [-0.25, -0.2) is 29.9 Å². The van der Waals surface area contributed by atoms with Gasteiger partial charge in [0.05, 0.1) is 0 Å². The minimum Gasteiger partial charge on any atom is -0.324 e. The van der Waals surface area contributed by atoms with Crippen LogP contribution in [0.5, 0.6) is 0 Å². The predicted molar refractivity (Wildman–Crippen MR) is 228 cm³/mol. The molecule has 0 saturated heterocycles. The van der Waals surface area contributed by atoms with Crippen molar-refractivity contribution >= 4 is 110 Å². The molecule has 4 aliphatic rings. The molecule has 56 heavy (non-hydrogen) atoms. The molecule has 2 N–H and O–H groups in total. The van der Waals surface area contributed by atoms with Crippen molar-refractivity contribution in [2.24, 2.45) is 0 Å². The van der Waals surface area contributed by atoms with Crippen molar-refractivity contribution in [2.45, 2.75) is 0 Å². The van der Waals surface area contributed by atoms with Gasteiger partial charge in [0.15, 0.2) is 22.6 Å². The quantitative estimate of drug-likeness (QED) is 0.162. The van der Waals surface area contributed by atoms with Crippen molar-refractivity contribution < 1.29 is 0 Å². The Bertz CT molecular complexity index is 3830. The van der Waals surface area contributed by atoms with E-state index in [2.05, 4.69) is 156 Å². The Labute approximate surface area is 316 Å². The second-order valence-electron chi connectivity index (χ2n) is 14.6. The molecule has 0 atom stereocenters. The summed E-state index contributed by atoms with van der Waals surface area (Å²) in [6.45, 7) is 0. The number of aromatic nitrogens is 8. The summed E-state index contributed by atoms with van der Waals surface area (Å²) in [6, 6.07) is 51.0. The number of rotatable bonds is 0. The van der Waals surface area contributed by atoms with Crippen molar-refractivity contribution in [3.8, 4) is 22.3 Å². The first-order valence-electron chi connectivity index (χ1n) is 18.6. The highest BCUT2D eigenvalue weighted by atomic mass is 15.0. The molecule has 13 rings (SSSR count). The van der Waals surface area contributed by atoms with Crippen LogP contribution in [0.2, 0.25) is 0 Å². The molecule has 9 aromatic rings. The van der Waals surface area contributed by atoms with Crippen molar-refractivity contribution in [2.75, 3.05) is 0 Å². The lowest BCUT2D eigenvalue weighted by Gasteiger charge is -1.89. The van der Waals surface area contributed by atoms with E-state index >= 15 is 0 Å². The van der Waals surface area contributed by atoms with E-state index in [1.54, 1.807) is 0 Å². The maximum atomic E-state index is 5.34. The minimum absolute atomic E-state index is 0.568. The molecule has 0 aliphatic heterocycles. The van der Waals surface area contributed by atoms with Gasteiger partial charge in [-0.2, -0.15) is 0 Å². The van der Waals surface area contributed by atoms with Gasteiger partial charge in [0.25, 0.3) is 0 Å². The Kier molecular flexibility index (Phi) is 5.74. The van der Waals surface area contributed by atoms with E-state index in [-0.39, 0.29) is 0 Å². The van der Waals surface area contributed by atoms with E-state index < -0.39 is 0 Å². The van der Waals surface area contributed by atoms with E-state index in [9.17, 15) is 0 Å². The van der Waals surface area contributed by atoms with E-state index in [1.807, 2.05) is 0 Å². The lowest BCUT2D eigenvalue weighted by atomic mass is 10.2. The summed E-state index contributed by atoms with van der Waals surface area (Å²) in [5, 5.41) is 11.8. The van der Waals surface area contributed by atoms with Crippen LogP contribution in [0.4, 0.5) is 0 Å². The zero-order valence-corrected chi connectivity index (χ0v) is 29.5. The Hall–Kier alpha value is -7.84. The number of nitrogens with one attached hydrogen (secondary N) is 2. The fourth-order valence-corrected chi connectivity index (χ4v) is 8.53. The first-order chi connectivity index (χ1) is 27.7. The van der Waals surface area contributed by atoms with E-state index in [0.29, 0.717) is 45.2 Å². The summed E-state index contributed by atoms with van der Waals surface area (Å²) in [5.41, 5.74) is 9.39. The molecule has 4 aromatic carbocycles. The van der Waals surface area contributed by atoms with Gasteiger partial charge in [0.2, 0.25) is 0 Å². The molecule has 8 bridgehead atoms. The number of aromatic amines is 2. The summed E-state index contributed by atoms with van der Waals surface area (Å²) < 4.78 is 0. The highest BCUT2D eigenvalue weighted by Crippen LogP contribution is 2.34. The van der Waals surface area contributed by atoms with Crippen LogP contribution in [0.1, 0.15) is 0 Å². The van der Waals surface area contributed by atoms with Crippen LogP contribution in [-0.2, 0) is 0 Å². The van der Waals surface area contributed by atoms with Crippen LogP contribution < -0.4 is 0 Å². The van der Waals surface area contributed by atoms with Crippen molar-refractivity contribution in [1.29, 1.82) is 0 Å². The molecule has 0 fully saturated rings. The highest BCUT2D eigenvalue weighted by molar-refractivity contribution is 6.13. The van der Waals surface area contributed by atoms with Gasteiger partial charge in [0, 0.05) is 43.1 Å². The SMILES string of the molecule is c1cc2ccc3c4nc5nc(nc6[nH]c(nc7nc(nc([nH]4)c3cc-2c1)c1ccc2cccc2cc71)c1cc2cccc-2ccc61)c1cc2cccc2ccc51. The number of hydrogen-bond donors (Lipinski definition) is 2. The van der Waals surface area contributed by atoms with Crippen LogP contribution in [0.15, 0.2) is 146 Å². The summed E-state index contributed by atoms with van der Waals surface area (Å²) in [4.78, 5) is 38.9. The zero-order valence-electron chi connectivity index (χ0n) is 29.5. The monoisotopic (exact) mass is 714 g/mol. The molecular formula is C48H26N8. The maximum absolute atomic E-state index is 5.34. The molecule has 0 spiro atoms. The number of nitrogens with zero attached hydrogens (tertiary/aromatic N) is 6. The summed E-state index contributed by atoms with van der Waals surface area (Å²) in [5.74, 6) is 0. The summed E-state index contributed by atoms with van der Waals surface area (Å²) >= 11 is 0. The molecule has 258 valence electrons. The van der Waals surface area contributed by atoms with Crippen molar-refractivity contribution in [3.63, 3.8) is 0 Å². The van der Waals surface area contributed by atoms with Gasteiger partial charge < -0.3 is 9.97 Å². The second-order valence-corrected chi connectivity index (χ2v) is 14.6. The first kappa shape index (κ1) is 29.6. The number of hydrogen-bond acceptors (Lipinski definition) is 6. The molecule has 8 nitrogen and oxygen atoms in total. The molecular weight excluding hydrogens is 689 g/mol. The van der Waals surface area contributed by atoms with Gasteiger partial charge in [0.1, 0.15) is 22.6 Å². The maximum Gasteiger partial charge on any atom is 0.164 e. The molecule has 0 amide bonds. The second kappa shape index (κ2) is 10.9. The van der Waals surface area contributed by atoms with Crippen LogP contribution in [0.3, 0.4) is 0 Å². The molecule has 0 unspecified atom stereocenters. The van der Waals surface area contributed by atoms with Crippen LogP contribution in [-0.4, -0.2) is 39.9 Å². The largest absolute Gasteiger partial charge is 0.324 e. The molecule has 5 heterocycles. The lowest BCUT2D eigenvalue weighted by molar-refractivity contribution is 1.28. The Morgan fingerprint density at radius 3 is 1.11 bits per heavy atom. The average molecular weight is 715 g/mol. The fraction of sp³-hybridized carbons (Fsp3) is 0. The fourth-order valence-electron chi connectivity index (χ4n) is 8.53. The first-order valence-corrected chi connectivity index (χ1v) is 18.6. The third-order valence-corrected chi connectivity index (χ3v) is 11.4. The molecule has 5 aromatic heterocycles. The third kappa shape index (κ3) is 4.29. The van der Waals surface area contributed by atoms with Crippen molar-refractivity contribution in [1.82, 2.24) is 39.9 Å². The van der Waals surface area contributed by atoms with Crippen LogP contribution in [0.25, 0.3) is 132 Å². The minimum atomic E-state index is 0.568. The molecule has 8 heteroatoms. The summed E-state index contributed by atoms with van der Waals surface area (Å²) in [6.07, 6.45) is 0. The van der Waals surface area contributed by atoms with Gasteiger partial charge in [-0.05, 0) is 92.3 Å². The Morgan fingerprint density at radius 1 is 0.250 bits per heavy atom.